The summed E-state index contributed by atoms with van der Waals surface area (Å²) in [6.07, 6.45) is 3.29. The molecule has 1 amide bonds. The molecule has 2 aromatic heterocycles. The summed E-state index contributed by atoms with van der Waals surface area (Å²) in [5.74, 6) is -0.422. The molecular formula is C21H16N6O3. The van der Waals surface area contributed by atoms with Crippen LogP contribution < -0.4 is 5.43 Å². The van der Waals surface area contributed by atoms with Crippen LogP contribution in [0.25, 0.3) is 16.9 Å². The predicted molar refractivity (Wildman–Crippen MR) is 112 cm³/mol. The van der Waals surface area contributed by atoms with E-state index < -0.39 is 10.8 Å². The maximum Gasteiger partial charge on any atom is 0.289 e. The minimum Gasteiger partial charge on any atom is -0.316 e. The largest absolute Gasteiger partial charge is 0.316 e. The molecule has 0 aliphatic heterocycles. The van der Waals surface area contributed by atoms with Gasteiger partial charge >= 0.3 is 0 Å². The Bertz CT molecular complexity index is 1210. The molecule has 4 aromatic rings. The second kappa shape index (κ2) is 8.23. The summed E-state index contributed by atoms with van der Waals surface area (Å²) in [5.41, 5.74) is 5.76. The number of nitrogens with one attached hydrogen (secondary N) is 2. The molecule has 0 aliphatic carbocycles. The number of carbonyl (C=O) groups is 1. The van der Waals surface area contributed by atoms with E-state index in [1.165, 1.54) is 18.3 Å². The number of hydrogen-bond acceptors (Lipinski definition) is 5. The summed E-state index contributed by atoms with van der Waals surface area (Å²) in [4.78, 5) is 22.7. The number of hydrogen-bond donors (Lipinski definition) is 2. The number of hydrazone groups is 1. The van der Waals surface area contributed by atoms with Crippen molar-refractivity contribution >= 4 is 17.8 Å². The van der Waals surface area contributed by atoms with Crippen LogP contribution in [0, 0.1) is 10.1 Å². The van der Waals surface area contributed by atoms with E-state index in [4.69, 9.17) is 0 Å². The monoisotopic (exact) mass is 400 g/mol. The summed E-state index contributed by atoms with van der Waals surface area (Å²) < 4.78 is 1.79. The van der Waals surface area contributed by atoms with Crippen LogP contribution in [-0.4, -0.2) is 31.8 Å². The first-order chi connectivity index (χ1) is 14.6. The molecular weight excluding hydrogens is 384 g/mol. The Morgan fingerprint density at radius 3 is 2.60 bits per heavy atom. The normalized spacial score (nSPS) is 10.9. The second-order valence-corrected chi connectivity index (χ2v) is 6.31. The van der Waals surface area contributed by atoms with Crippen molar-refractivity contribution in [3.05, 3.63) is 100 Å². The number of aromatic amines is 1. The number of H-pyrrole nitrogens is 1. The van der Waals surface area contributed by atoms with Crippen molar-refractivity contribution in [3.8, 4) is 16.9 Å². The van der Waals surface area contributed by atoms with Gasteiger partial charge in [-0.25, -0.2) is 5.43 Å². The van der Waals surface area contributed by atoms with Gasteiger partial charge in [0.2, 0.25) is 0 Å². The Labute approximate surface area is 170 Å². The molecule has 0 atom stereocenters. The van der Waals surface area contributed by atoms with Gasteiger partial charge in [0.05, 0.1) is 22.5 Å². The lowest BCUT2D eigenvalue weighted by molar-refractivity contribution is -0.384. The van der Waals surface area contributed by atoms with Crippen LogP contribution in [0.15, 0.2) is 84.1 Å². The lowest BCUT2D eigenvalue weighted by Gasteiger charge is -2.05. The van der Waals surface area contributed by atoms with Crippen molar-refractivity contribution in [1.82, 2.24) is 20.2 Å². The van der Waals surface area contributed by atoms with Crippen molar-refractivity contribution < 1.29 is 9.72 Å². The van der Waals surface area contributed by atoms with Crippen molar-refractivity contribution in [3.63, 3.8) is 0 Å². The number of rotatable bonds is 6. The molecule has 148 valence electrons. The molecule has 0 radical (unpaired) electrons. The summed E-state index contributed by atoms with van der Waals surface area (Å²) in [7, 11) is 0. The van der Waals surface area contributed by atoms with Crippen molar-refractivity contribution in [2.45, 2.75) is 0 Å². The first-order valence-electron chi connectivity index (χ1n) is 8.98. The molecule has 2 N–H and O–H groups in total. The number of non-ortho nitro benzene ring substituents is 1. The van der Waals surface area contributed by atoms with Gasteiger partial charge in [0, 0.05) is 29.6 Å². The van der Waals surface area contributed by atoms with E-state index in [2.05, 4.69) is 20.7 Å². The van der Waals surface area contributed by atoms with Gasteiger partial charge in [-0.15, -0.1) is 0 Å². The fourth-order valence-electron chi connectivity index (χ4n) is 2.88. The van der Waals surface area contributed by atoms with E-state index in [0.29, 0.717) is 11.4 Å². The highest BCUT2D eigenvalue weighted by Crippen LogP contribution is 2.18. The fraction of sp³-hybridized carbons (Fsp3) is 0. The predicted octanol–water partition coefficient (Wildman–Crippen LogP) is 3.54. The summed E-state index contributed by atoms with van der Waals surface area (Å²) >= 11 is 0. The number of amides is 1. The van der Waals surface area contributed by atoms with E-state index in [1.54, 1.807) is 35.0 Å². The molecule has 0 saturated heterocycles. The van der Waals surface area contributed by atoms with Gasteiger partial charge in [0.25, 0.3) is 11.6 Å². The van der Waals surface area contributed by atoms with Crippen LogP contribution in [0.5, 0.6) is 0 Å². The Hall–Kier alpha value is -4.53. The Balaban J connectivity index is 1.44. The Morgan fingerprint density at radius 1 is 1.10 bits per heavy atom. The van der Waals surface area contributed by atoms with Gasteiger partial charge < -0.3 is 4.57 Å². The molecule has 2 aromatic carbocycles. The zero-order valence-electron chi connectivity index (χ0n) is 15.6. The molecule has 0 aliphatic rings. The molecule has 0 saturated carbocycles. The van der Waals surface area contributed by atoms with Crippen molar-refractivity contribution in [2.75, 3.05) is 0 Å². The maximum absolute atomic E-state index is 12.3. The van der Waals surface area contributed by atoms with E-state index in [1.807, 2.05) is 36.4 Å². The third-order valence-corrected chi connectivity index (χ3v) is 4.37. The third kappa shape index (κ3) is 3.99. The van der Waals surface area contributed by atoms with Crippen LogP contribution in [0.4, 0.5) is 5.69 Å². The van der Waals surface area contributed by atoms with Gasteiger partial charge in [-0.05, 0) is 30.3 Å². The number of benzene rings is 2. The highest BCUT2D eigenvalue weighted by Gasteiger charge is 2.10. The van der Waals surface area contributed by atoms with Gasteiger partial charge in [-0.1, -0.05) is 30.3 Å². The molecule has 0 unspecified atom stereocenters. The standard InChI is InChI=1S/C21H16N6O3/c28-21(20-13-19(23-24-20)15-5-2-1-3-6-15)25-22-14-18-7-4-12-26(18)16-8-10-17(11-9-16)27(29)30/h1-14H,(H,23,24)(H,25,28)/b22-14-. The van der Waals surface area contributed by atoms with Gasteiger partial charge in [-0.2, -0.15) is 10.2 Å². The number of carbonyl (C=O) groups excluding carboxylic acids is 1. The first kappa shape index (κ1) is 18.8. The van der Waals surface area contributed by atoms with E-state index >= 15 is 0 Å². The average molecular weight is 400 g/mol. The molecule has 0 spiro atoms. The van der Waals surface area contributed by atoms with Gasteiger partial charge in [0.15, 0.2) is 0 Å². The maximum atomic E-state index is 12.3. The van der Waals surface area contributed by atoms with E-state index in [0.717, 1.165) is 11.3 Å². The number of nitro benzene ring substituents is 1. The lowest BCUT2D eigenvalue weighted by Crippen LogP contribution is -2.18. The molecule has 2 heterocycles. The summed E-state index contributed by atoms with van der Waals surface area (Å²) in [6.45, 7) is 0. The van der Waals surface area contributed by atoms with Gasteiger partial charge in [0.1, 0.15) is 5.69 Å². The number of aromatic nitrogens is 3. The highest BCUT2D eigenvalue weighted by atomic mass is 16.6. The fourth-order valence-corrected chi connectivity index (χ4v) is 2.88. The average Bonchev–Trinajstić information content (AvgIpc) is 3.44. The smallest absolute Gasteiger partial charge is 0.289 e. The van der Waals surface area contributed by atoms with Crippen LogP contribution >= 0.6 is 0 Å². The quantitative estimate of drug-likeness (QED) is 0.292. The summed E-state index contributed by atoms with van der Waals surface area (Å²) in [5, 5.41) is 21.7. The lowest BCUT2D eigenvalue weighted by atomic mass is 10.1. The molecule has 4 rings (SSSR count). The molecule has 0 bridgehead atoms. The molecule has 9 heteroatoms. The van der Waals surface area contributed by atoms with Crippen LogP contribution in [0.1, 0.15) is 16.2 Å². The second-order valence-electron chi connectivity index (χ2n) is 6.31. The zero-order valence-corrected chi connectivity index (χ0v) is 15.6. The zero-order chi connectivity index (χ0) is 20.9. The van der Waals surface area contributed by atoms with Crippen molar-refractivity contribution in [2.24, 2.45) is 5.10 Å². The molecule has 0 fully saturated rings. The Morgan fingerprint density at radius 2 is 1.87 bits per heavy atom. The first-order valence-corrected chi connectivity index (χ1v) is 8.98. The molecule has 9 nitrogen and oxygen atoms in total. The Kier molecular flexibility index (Phi) is 5.16. The van der Waals surface area contributed by atoms with Crippen LogP contribution in [0.2, 0.25) is 0 Å². The van der Waals surface area contributed by atoms with Crippen molar-refractivity contribution in [1.29, 1.82) is 0 Å². The van der Waals surface area contributed by atoms with E-state index in [-0.39, 0.29) is 11.4 Å². The van der Waals surface area contributed by atoms with Gasteiger partial charge in [-0.3, -0.25) is 20.0 Å². The summed E-state index contributed by atoms with van der Waals surface area (Å²) in [6, 6.07) is 20.9. The minimum absolute atomic E-state index is 0.0165. The highest BCUT2D eigenvalue weighted by molar-refractivity contribution is 5.94. The minimum atomic E-state index is -0.448. The van der Waals surface area contributed by atoms with E-state index in [9.17, 15) is 14.9 Å². The number of nitrogens with zero attached hydrogens (tertiary/aromatic N) is 4. The third-order valence-electron chi connectivity index (χ3n) is 4.37. The SMILES string of the molecule is O=C(N/N=C\c1cccn1-c1ccc([N+](=O)[O-])cc1)c1cc(-c2ccccc2)n[nH]1. The van der Waals surface area contributed by atoms with Crippen LogP contribution in [-0.2, 0) is 0 Å². The number of nitro groups is 1. The van der Waals surface area contributed by atoms with Crippen LogP contribution in [0.3, 0.4) is 0 Å². The molecule has 30 heavy (non-hydrogen) atoms. The topological polar surface area (TPSA) is 118 Å².